The second-order valence-electron chi connectivity index (χ2n) is 4.50. The van der Waals surface area contributed by atoms with Crippen LogP contribution in [-0.4, -0.2) is 35.0 Å². The normalized spacial score (nSPS) is 14.3. The molecule has 1 aliphatic carbocycles. The highest BCUT2D eigenvalue weighted by Gasteiger charge is 2.28. The molecule has 0 aliphatic heterocycles. The van der Waals surface area contributed by atoms with Gasteiger partial charge in [0.1, 0.15) is 6.54 Å². The van der Waals surface area contributed by atoms with Crippen LogP contribution < -0.4 is 0 Å². The molecule has 5 heteroatoms. The smallest absolute Gasteiger partial charge is 0.323 e. The Bertz CT molecular complexity index is 471. The van der Waals surface area contributed by atoms with E-state index in [-0.39, 0.29) is 12.5 Å². The molecule has 1 amide bonds. The molecule has 0 spiro atoms. The lowest BCUT2D eigenvalue weighted by molar-refractivity contribution is -0.137. The Morgan fingerprint density at radius 2 is 2.00 bits per heavy atom. The van der Waals surface area contributed by atoms with E-state index in [0.717, 1.165) is 16.4 Å². The largest absolute Gasteiger partial charge is 0.480 e. The van der Waals surface area contributed by atoms with Crippen LogP contribution in [0.1, 0.15) is 23.2 Å². The summed E-state index contributed by atoms with van der Waals surface area (Å²) in [5.41, 5.74) is 0.583. The molecule has 0 bridgehead atoms. The van der Waals surface area contributed by atoms with E-state index >= 15 is 0 Å². The van der Waals surface area contributed by atoms with Crippen LogP contribution in [0.3, 0.4) is 0 Å². The molecular weight excluding hydrogens is 345 g/mol. The Kier molecular flexibility index (Phi) is 4.21. The third kappa shape index (κ3) is 3.44. The van der Waals surface area contributed by atoms with E-state index in [1.807, 2.05) is 12.1 Å². The summed E-state index contributed by atoms with van der Waals surface area (Å²) in [6, 6.07) is 7.25. The van der Waals surface area contributed by atoms with Gasteiger partial charge >= 0.3 is 5.97 Å². The van der Waals surface area contributed by atoms with Crippen LogP contribution >= 0.6 is 22.6 Å². The molecule has 1 saturated carbocycles. The lowest BCUT2D eigenvalue weighted by atomic mass is 10.2. The molecule has 4 nitrogen and oxygen atoms in total. The first-order valence-corrected chi connectivity index (χ1v) is 6.91. The highest BCUT2D eigenvalue weighted by molar-refractivity contribution is 14.1. The summed E-state index contributed by atoms with van der Waals surface area (Å²) in [5, 5.41) is 8.89. The number of halogens is 1. The van der Waals surface area contributed by atoms with Crippen molar-refractivity contribution in [3.63, 3.8) is 0 Å². The number of benzene rings is 1. The van der Waals surface area contributed by atoms with Crippen molar-refractivity contribution in [2.75, 3.05) is 13.1 Å². The van der Waals surface area contributed by atoms with Gasteiger partial charge in [-0.15, -0.1) is 0 Å². The Labute approximate surface area is 119 Å². The quantitative estimate of drug-likeness (QED) is 0.821. The number of aliphatic carboxylic acids is 1. The van der Waals surface area contributed by atoms with Crippen molar-refractivity contribution in [2.24, 2.45) is 5.92 Å². The van der Waals surface area contributed by atoms with Crippen LogP contribution in [0.2, 0.25) is 0 Å². The maximum absolute atomic E-state index is 12.3. The molecule has 0 unspecified atom stereocenters. The van der Waals surface area contributed by atoms with Crippen LogP contribution in [0.5, 0.6) is 0 Å². The van der Waals surface area contributed by atoms with Crippen LogP contribution in [0, 0.1) is 9.49 Å². The van der Waals surface area contributed by atoms with Crippen LogP contribution in [0.15, 0.2) is 24.3 Å². The summed E-state index contributed by atoms with van der Waals surface area (Å²) in [5.74, 6) is -0.668. The molecule has 0 radical (unpaired) electrons. The van der Waals surface area contributed by atoms with Gasteiger partial charge in [-0.1, -0.05) is 12.1 Å². The molecule has 0 aromatic heterocycles. The lowest BCUT2D eigenvalue weighted by Gasteiger charge is -2.21. The first kappa shape index (κ1) is 13.3. The van der Waals surface area contributed by atoms with E-state index in [1.54, 1.807) is 12.1 Å². The van der Waals surface area contributed by atoms with Crippen LogP contribution in [0.4, 0.5) is 0 Å². The van der Waals surface area contributed by atoms with Gasteiger partial charge in [0.15, 0.2) is 0 Å². The molecule has 2 rings (SSSR count). The molecule has 1 aromatic carbocycles. The van der Waals surface area contributed by atoms with Crippen molar-refractivity contribution >= 4 is 34.5 Å². The molecule has 1 N–H and O–H groups in total. The van der Waals surface area contributed by atoms with E-state index in [1.165, 1.54) is 4.90 Å². The number of rotatable bonds is 5. The predicted molar refractivity (Wildman–Crippen MR) is 75.4 cm³/mol. The number of carboxylic acids is 1. The standard InChI is InChI=1S/C13H14INO3/c14-11-4-2-1-3-10(11)13(18)15(8-12(16)17)7-9-5-6-9/h1-4,9H,5-8H2,(H,16,17). The second kappa shape index (κ2) is 5.69. The van der Waals surface area contributed by atoms with E-state index in [4.69, 9.17) is 5.11 Å². The second-order valence-corrected chi connectivity index (χ2v) is 5.66. The van der Waals surface area contributed by atoms with Gasteiger partial charge in [-0.3, -0.25) is 9.59 Å². The summed E-state index contributed by atoms with van der Waals surface area (Å²) in [6.45, 7) is 0.330. The summed E-state index contributed by atoms with van der Waals surface area (Å²) in [4.78, 5) is 24.6. The van der Waals surface area contributed by atoms with Crippen LogP contribution in [0.25, 0.3) is 0 Å². The zero-order valence-corrected chi connectivity index (χ0v) is 12.0. The number of hydrogen-bond acceptors (Lipinski definition) is 2. The Balaban J connectivity index is 2.15. The first-order valence-electron chi connectivity index (χ1n) is 5.83. The monoisotopic (exact) mass is 359 g/mol. The Morgan fingerprint density at radius 1 is 1.33 bits per heavy atom. The van der Waals surface area contributed by atoms with Crippen molar-refractivity contribution in [3.8, 4) is 0 Å². The highest BCUT2D eigenvalue weighted by Crippen LogP contribution is 2.30. The van der Waals surface area contributed by atoms with E-state index in [0.29, 0.717) is 18.0 Å². The van der Waals surface area contributed by atoms with E-state index in [9.17, 15) is 9.59 Å². The maximum Gasteiger partial charge on any atom is 0.323 e. The number of carbonyl (C=O) groups excluding carboxylic acids is 1. The average Bonchev–Trinajstić information content (AvgIpc) is 3.11. The number of hydrogen-bond donors (Lipinski definition) is 1. The van der Waals surface area contributed by atoms with Crippen molar-refractivity contribution in [1.82, 2.24) is 4.90 Å². The van der Waals surface area contributed by atoms with Crippen molar-refractivity contribution in [1.29, 1.82) is 0 Å². The van der Waals surface area contributed by atoms with Crippen molar-refractivity contribution < 1.29 is 14.7 Å². The fourth-order valence-corrected chi connectivity index (χ4v) is 2.42. The average molecular weight is 359 g/mol. The SMILES string of the molecule is O=C(O)CN(CC1CC1)C(=O)c1ccccc1I. The summed E-state index contributed by atoms with van der Waals surface area (Å²) in [7, 11) is 0. The van der Waals surface area contributed by atoms with Gasteiger partial charge in [-0.25, -0.2) is 0 Å². The minimum absolute atomic E-state index is 0.186. The molecule has 0 atom stereocenters. The lowest BCUT2D eigenvalue weighted by Crippen LogP contribution is -2.37. The number of nitrogens with zero attached hydrogens (tertiary/aromatic N) is 1. The Morgan fingerprint density at radius 3 is 2.56 bits per heavy atom. The molecule has 1 aliphatic rings. The molecule has 96 valence electrons. The van der Waals surface area contributed by atoms with Crippen molar-refractivity contribution in [3.05, 3.63) is 33.4 Å². The Hall–Kier alpha value is -1.11. The van der Waals surface area contributed by atoms with E-state index in [2.05, 4.69) is 22.6 Å². The number of amides is 1. The number of carbonyl (C=O) groups is 2. The third-order valence-corrected chi connectivity index (χ3v) is 3.83. The summed E-state index contributed by atoms with van der Waals surface area (Å²) < 4.78 is 0.853. The molecule has 0 heterocycles. The topological polar surface area (TPSA) is 57.6 Å². The van der Waals surface area contributed by atoms with Gasteiger partial charge in [0, 0.05) is 10.1 Å². The van der Waals surface area contributed by atoms with Gasteiger partial charge in [0.05, 0.1) is 5.56 Å². The first-order chi connectivity index (χ1) is 8.58. The highest BCUT2D eigenvalue weighted by atomic mass is 127. The van der Waals surface area contributed by atoms with Gasteiger partial charge in [0.25, 0.3) is 5.91 Å². The molecule has 18 heavy (non-hydrogen) atoms. The minimum Gasteiger partial charge on any atom is -0.480 e. The zero-order valence-electron chi connectivity index (χ0n) is 9.80. The van der Waals surface area contributed by atoms with Gasteiger partial charge in [0.2, 0.25) is 0 Å². The third-order valence-electron chi connectivity index (χ3n) is 2.89. The number of carboxylic acid groups (broad SMARTS) is 1. The van der Waals surface area contributed by atoms with Gasteiger partial charge in [-0.05, 0) is 53.5 Å². The van der Waals surface area contributed by atoms with E-state index < -0.39 is 5.97 Å². The van der Waals surface area contributed by atoms with Crippen LogP contribution in [-0.2, 0) is 4.79 Å². The predicted octanol–water partition coefficient (Wildman–Crippen LogP) is 2.23. The molecular formula is C13H14INO3. The van der Waals surface area contributed by atoms with Gasteiger partial charge < -0.3 is 10.0 Å². The zero-order chi connectivity index (χ0) is 13.1. The molecule has 1 fully saturated rings. The minimum atomic E-state index is -0.963. The fourth-order valence-electron chi connectivity index (χ4n) is 1.80. The fraction of sp³-hybridized carbons (Fsp3) is 0.385. The summed E-state index contributed by atoms with van der Waals surface area (Å²) in [6.07, 6.45) is 2.19. The van der Waals surface area contributed by atoms with Gasteiger partial charge in [-0.2, -0.15) is 0 Å². The summed E-state index contributed by atoms with van der Waals surface area (Å²) >= 11 is 2.10. The maximum atomic E-state index is 12.3. The van der Waals surface area contributed by atoms with Crippen molar-refractivity contribution in [2.45, 2.75) is 12.8 Å². The molecule has 0 saturated heterocycles. The molecule has 1 aromatic rings.